The quantitative estimate of drug-likeness (QED) is 0.844. The van der Waals surface area contributed by atoms with Crippen molar-refractivity contribution >= 4 is 0 Å². The fraction of sp³-hybridized carbons (Fsp3) is 0.400. The van der Waals surface area contributed by atoms with Gasteiger partial charge in [0.25, 0.3) is 0 Å². The number of benzene rings is 1. The minimum atomic E-state index is 0.744. The van der Waals surface area contributed by atoms with Gasteiger partial charge in [-0.15, -0.1) is 0 Å². The molecule has 94 valence electrons. The van der Waals surface area contributed by atoms with E-state index in [0.29, 0.717) is 0 Å². The van der Waals surface area contributed by atoms with E-state index in [1.807, 2.05) is 6.20 Å². The Morgan fingerprint density at radius 3 is 2.94 bits per heavy atom. The van der Waals surface area contributed by atoms with Crippen molar-refractivity contribution in [3.63, 3.8) is 0 Å². The molecular formula is C15H19N3. The average Bonchev–Trinajstić information content (AvgIpc) is 3.10. The van der Waals surface area contributed by atoms with Crippen molar-refractivity contribution in [2.45, 2.75) is 38.8 Å². The van der Waals surface area contributed by atoms with Crippen LogP contribution in [0.25, 0.3) is 0 Å². The molecule has 1 aliphatic carbocycles. The van der Waals surface area contributed by atoms with Crippen LogP contribution in [-0.2, 0) is 13.0 Å². The van der Waals surface area contributed by atoms with Crippen molar-refractivity contribution < 1.29 is 0 Å². The predicted molar refractivity (Wildman–Crippen MR) is 72.4 cm³/mol. The smallest absolute Gasteiger partial charge is 0.110 e. The average molecular weight is 241 g/mol. The number of hydrogen-bond donors (Lipinski definition) is 2. The van der Waals surface area contributed by atoms with Crippen LogP contribution < -0.4 is 5.32 Å². The molecule has 1 aromatic heterocycles. The third-order valence-electron chi connectivity index (χ3n) is 3.46. The van der Waals surface area contributed by atoms with Crippen LogP contribution in [0.4, 0.5) is 0 Å². The second-order valence-electron chi connectivity index (χ2n) is 5.11. The molecule has 0 amide bonds. The number of aryl methyl sites for hydroxylation is 1. The molecule has 0 spiro atoms. The summed E-state index contributed by atoms with van der Waals surface area (Å²) in [6, 6.07) is 9.22. The van der Waals surface area contributed by atoms with Crippen molar-refractivity contribution in [3.8, 4) is 0 Å². The zero-order valence-electron chi connectivity index (χ0n) is 10.7. The maximum Gasteiger partial charge on any atom is 0.110 e. The Morgan fingerprint density at radius 2 is 2.17 bits per heavy atom. The molecule has 0 radical (unpaired) electrons. The molecule has 1 aromatic carbocycles. The first kappa shape index (κ1) is 11.5. The molecule has 0 atom stereocenters. The van der Waals surface area contributed by atoms with E-state index in [2.05, 4.69) is 46.5 Å². The maximum absolute atomic E-state index is 4.46. The summed E-state index contributed by atoms with van der Waals surface area (Å²) in [7, 11) is 0. The van der Waals surface area contributed by atoms with Gasteiger partial charge in [-0.25, -0.2) is 4.98 Å². The minimum absolute atomic E-state index is 0.744. The van der Waals surface area contributed by atoms with E-state index in [1.54, 1.807) is 0 Å². The molecule has 3 rings (SSSR count). The van der Waals surface area contributed by atoms with Gasteiger partial charge in [0.05, 0.1) is 0 Å². The molecule has 18 heavy (non-hydrogen) atoms. The molecule has 0 unspecified atom stereocenters. The molecule has 1 aliphatic rings. The largest absolute Gasteiger partial charge is 0.345 e. The van der Waals surface area contributed by atoms with E-state index >= 15 is 0 Å². The lowest BCUT2D eigenvalue weighted by Gasteiger charge is -2.03. The molecule has 0 bridgehead atoms. The number of nitrogens with one attached hydrogen (secondary N) is 2. The van der Waals surface area contributed by atoms with Crippen LogP contribution in [0.2, 0.25) is 0 Å². The highest BCUT2D eigenvalue weighted by Gasteiger charge is 2.20. The Hall–Kier alpha value is -1.61. The Kier molecular flexibility index (Phi) is 3.15. The standard InChI is InChI=1S/C15H19N3/c1-11-4-2-3-5-12(11)8-15-17-10-14(18-15)9-16-13-6-7-13/h2-5,10,13,16H,6-9H2,1H3,(H,17,18). The minimum Gasteiger partial charge on any atom is -0.345 e. The third-order valence-corrected chi connectivity index (χ3v) is 3.46. The zero-order valence-corrected chi connectivity index (χ0v) is 10.7. The van der Waals surface area contributed by atoms with E-state index in [-0.39, 0.29) is 0 Å². The number of H-pyrrole nitrogens is 1. The van der Waals surface area contributed by atoms with Gasteiger partial charge in [-0.1, -0.05) is 24.3 Å². The normalized spacial score (nSPS) is 14.9. The number of nitrogens with zero attached hydrogens (tertiary/aromatic N) is 1. The maximum atomic E-state index is 4.46. The fourth-order valence-electron chi connectivity index (χ4n) is 2.12. The Labute approximate surface area is 108 Å². The molecule has 1 heterocycles. The van der Waals surface area contributed by atoms with Crippen LogP contribution in [-0.4, -0.2) is 16.0 Å². The predicted octanol–water partition coefficient (Wildman–Crippen LogP) is 2.56. The van der Waals surface area contributed by atoms with Crippen molar-refractivity contribution in [1.82, 2.24) is 15.3 Å². The molecular weight excluding hydrogens is 222 g/mol. The highest BCUT2D eigenvalue weighted by molar-refractivity contribution is 5.28. The van der Waals surface area contributed by atoms with Gasteiger partial charge in [0.1, 0.15) is 5.82 Å². The summed E-state index contributed by atoms with van der Waals surface area (Å²) >= 11 is 0. The third kappa shape index (κ3) is 2.79. The van der Waals surface area contributed by atoms with E-state index in [1.165, 1.54) is 29.7 Å². The highest BCUT2D eigenvalue weighted by atomic mass is 15.0. The summed E-state index contributed by atoms with van der Waals surface area (Å²) in [5.74, 6) is 1.05. The van der Waals surface area contributed by atoms with Crippen LogP contribution >= 0.6 is 0 Å². The van der Waals surface area contributed by atoms with Crippen LogP contribution in [0.1, 0.15) is 35.5 Å². The molecule has 0 saturated heterocycles. The lowest BCUT2D eigenvalue weighted by atomic mass is 10.1. The van der Waals surface area contributed by atoms with Crippen molar-refractivity contribution in [2.24, 2.45) is 0 Å². The van der Waals surface area contributed by atoms with Crippen molar-refractivity contribution in [1.29, 1.82) is 0 Å². The SMILES string of the molecule is Cc1ccccc1Cc1ncc(CNC2CC2)[nH]1. The van der Waals surface area contributed by atoms with Gasteiger partial charge in [0.15, 0.2) is 0 Å². The lowest BCUT2D eigenvalue weighted by molar-refractivity contribution is 0.676. The van der Waals surface area contributed by atoms with Gasteiger partial charge in [-0.05, 0) is 30.9 Å². The molecule has 1 saturated carbocycles. The molecule has 1 fully saturated rings. The van der Waals surface area contributed by atoms with Gasteiger partial charge < -0.3 is 10.3 Å². The molecule has 0 aliphatic heterocycles. The van der Waals surface area contributed by atoms with Gasteiger partial charge in [-0.2, -0.15) is 0 Å². The summed E-state index contributed by atoms with van der Waals surface area (Å²) in [6.45, 7) is 3.05. The van der Waals surface area contributed by atoms with Gasteiger partial charge in [0, 0.05) is 30.9 Å². The first-order valence-electron chi connectivity index (χ1n) is 6.62. The fourth-order valence-corrected chi connectivity index (χ4v) is 2.12. The van der Waals surface area contributed by atoms with E-state index in [0.717, 1.165) is 24.8 Å². The van der Waals surface area contributed by atoms with Gasteiger partial charge in [-0.3, -0.25) is 0 Å². The first-order valence-corrected chi connectivity index (χ1v) is 6.62. The van der Waals surface area contributed by atoms with E-state index in [9.17, 15) is 0 Å². The molecule has 2 N–H and O–H groups in total. The Morgan fingerprint density at radius 1 is 1.33 bits per heavy atom. The van der Waals surface area contributed by atoms with Crippen LogP contribution in [0.3, 0.4) is 0 Å². The first-order chi connectivity index (χ1) is 8.81. The number of imidazole rings is 1. The van der Waals surface area contributed by atoms with E-state index in [4.69, 9.17) is 0 Å². The zero-order chi connectivity index (χ0) is 12.4. The number of aromatic amines is 1. The van der Waals surface area contributed by atoms with Crippen LogP contribution in [0.15, 0.2) is 30.5 Å². The Bertz CT molecular complexity index is 526. The van der Waals surface area contributed by atoms with Crippen LogP contribution in [0, 0.1) is 6.92 Å². The summed E-state index contributed by atoms with van der Waals surface area (Å²) in [6.07, 6.45) is 5.48. The molecule has 2 aromatic rings. The molecule has 3 nitrogen and oxygen atoms in total. The second-order valence-corrected chi connectivity index (χ2v) is 5.11. The van der Waals surface area contributed by atoms with Gasteiger partial charge >= 0.3 is 0 Å². The number of aromatic nitrogens is 2. The monoisotopic (exact) mass is 241 g/mol. The van der Waals surface area contributed by atoms with Crippen molar-refractivity contribution in [3.05, 3.63) is 53.1 Å². The number of hydrogen-bond acceptors (Lipinski definition) is 2. The van der Waals surface area contributed by atoms with Crippen LogP contribution in [0.5, 0.6) is 0 Å². The topological polar surface area (TPSA) is 40.7 Å². The highest BCUT2D eigenvalue weighted by Crippen LogP contribution is 2.19. The number of rotatable bonds is 5. The summed E-state index contributed by atoms with van der Waals surface area (Å²) in [5, 5.41) is 3.49. The van der Waals surface area contributed by atoms with Gasteiger partial charge in [0.2, 0.25) is 0 Å². The summed E-state index contributed by atoms with van der Waals surface area (Å²) in [4.78, 5) is 7.85. The van der Waals surface area contributed by atoms with E-state index < -0.39 is 0 Å². The second kappa shape index (κ2) is 4.94. The van der Waals surface area contributed by atoms with Crippen molar-refractivity contribution in [2.75, 3.05) is 0 Å². The summed E-state index contributed by atoms with van der Waals surface area (Å²) < 4.78 is 0. The Balaban J connectivity index is 1.63. The summed E-state index contributed by atoms with van der Waals surface area (Å²) in [5.41, 5.74) is 3.85. The molecule has 3 heteroatoms. The lowest BCUT2D eigenvalue weighted by Crippen LogP contribution is -2.15.